The van der Waals surface area contributed by atoms with Crippen LogP contribution in [0.15, 0.2) is 375 Å². The van der Waals surface area contributed by atoms with Gasteiger partial charge in [0.25, 0.3) is 0 Å². The van der Waals surface area contributed by atoms with E-state index in [1.165, 1.54) is 61.0 Å². The minimum atomic E-state index is -1.80. The molecule has 21 aromatic rings. The van der Waals surface area contributed by atoms with Gasteiger partial charge in [0.15, 0.2) is 86.9 Å². The third-order valence-electron chi connectivity index (χ3n) is 22.0. The fraction of sp³-hybridized carbons (Fsp3) is 0.0789. The molecular formula is C114H81Cl2F12N7O7S7. The third kappa shape index (κ3) is 28.6. The number of phenolic OH excluding ortho intramolecular Hbond substituents is 6. The number of aromatic hydroxyl groups is 6. The highest BCUT2D eigenvalue weighted by Gasteiger charge is 2.26. The average Bonchev–Trinajstić information content (AvgIpc) is 0.791. The maximum Gasteiger partial charge on any atom is 0.203 e. The smallest absolute Gasteiger partial charge is 0.203 e. The van der Waals surface area contributed by atoms with Crippen molar-refractivity contribution in [3.05, 3.63) is 459 Å². The van der Waals surface area contributed by atoms with E-state index >= 15 is 0 Å². The van der Waals surface area contributed by atoms with E-state index in [2.05, 4.69) is 57.8 Å². The molecule has 0 unspecified atom stereocenters. The molecule has 0 amide bonds. The van der Waals surface area contributed by atoms with Crippen LogP contribution in [0.2, 0.25) is 10.0 Å². The lowest BCUT2D eigenvalue weighted by Gasteiger charge is -2.09. The topological polar surface area (TPSA) is 221 Å². The van der Waals surface area contributed by atoms with Crippen LogP contribution in [0.1, 0.15) is 38.9 Å². The molecule has 6 N–H and O–H groups in total. The van der Waals surface area contributed by atoms with Crippen LogP contribution in [-0.4, -0.2) is 78.4 Å². The number of fused-ring (bicyclic) bond motifs is 7. The summed E-state index contributed by atoms with van der Waals surface area (Å²) in [7, 11) is 1.25. The lowest BCUT2D eigenvalue weighted by atomic mass is 10.1. The summed E-state index contributed by atoms with van der Waals surface area (Å²) in [5.41, 5.74) is 9.35. The Bertz CT molecular complexity index is 7990. The molecule has 149 heavy (non-hydrogen) atoms. The van der Waals surface area contributed by atoms with Gasteiger partial charge < -0.3 is 35.4 Å². The molecule has 0 saturated carbocycles. The Morgan fingerprint density at radius 2 is 0.537 bits per heavy atom. The molecule has 0 atom stereocenters. The maximum atomic E-state index is 13.7. The van der Waals surface area contributed by atoms with Crippen molar-refractivity contribution in [3.8, 4) is 40.2 Å². The highest BCUT2D eigenvalue weighted by molar-refractivity contribution is 8.00. The number of ether oxygens (including phenoxy) is 1. The molecule has 7 aromatic heterocycles. The number of hydrogen-bond acceptors (Lipinski definition) is 21. The van der Waals surface area contributed by atoms with E-state index in [0.717, 1.165) is 147 Å². The van der Waals surface area contributed by atoms with Crippen molar-refractivity contribution >= 4 is 182 Å². The minimum Gasteiger partial charge on any atom is -0.506 e. The van der Waals surface area contributed by atoms with Crippen LogP contribution in [0, 0.1) is 69.8 Å². The molecule has 14 aromatic carbocycles. The second-order valence-electron chi connectivity index (χ2n) is 32.1. The number of thioether (sulfide) groups is 7. The fourth-order valence-electron chi connectivity index (χ4n) is 14.7. The summed E-state index contributed by atoms with van der Waals surface area (Å²) in [5.74, 6) is -14.1. The standard InChI is InChI=1S/C18H15F2NOS.C16H11ClFNOS.C16H12ClNOS.C16H9F4NOS.2C16H11F2NOS.C16H12FNOS/c1-22-18-14(19)10-12(11-15(18)20)7-9-23-16-6-2-4-13-5-3-8-21-17(13)16;17-12-7-10(8-13(18)16(12)20)9-21-14-5-1-3-11-4-2-6-19-15(11)14;17-13-9-11(6-7-14(13)19)10-20-15-5-1-3-12-4-2-8-18-16(12)15;17-11-9(12(18)14(20)16(22)13(11)19)7-23-10-5-1-3-8-4-2-6-21-15(8)10;17-12-7-10(8-13(18)16(12)20)9-21-14-5-1-3-11-4-2-6-19-15(11)14;17-12-7-11(16(20)13(18)8-12)9-21-14-5-1-3-10-4-2-6-19-15(10)14;17-13-9-11(6-7-14(13)19)10-20-15-5-1-3-12-4-2-8-18-16(12)15/h2-6,8,10-11H,7,9H2,1H3;1-8,20H,9H2;1-9,19H,10H2;1-6,22H,7H2;2*1-8,20H,9H2;1-9,19H,10H2. The Morgan fingerprint density at radius 1 is 0.248 bits per heavy atom. The molecule has 35 heteroatoms. The van der Waals surface area contributed by atoms with Crippen LogP contribution < -0.4 is 4.74 Å². The van der Waals surface area contributed by atoms with Gasteiger partial charge in [0.05, 0.1) is 55.8 Å². The second-order valence-corrected chi connectivity index (χ2v) is 40.2. The van der Waals surface area contributed by atoms with Crippen molar-refractivity contribution in [2.45, 2.75) is 75.2 Å². The molecule has 0 aliphatic carbocycles. The molecule has 21 rings (SSSR count). The summed E-state index contributed by atoms with van der Waals surface area (Å²) < 4.78 is 166. The van der Waals surface area contributed by atoms with Crippen LogP contribution in [0.3, 0.4) is 0 Å². The monoisotopic (exact) mass is 2180 g/mol. The molecule has 0 spiro atoms. The zero-order valence-electron chi connectivity index (χ0n) is 77.9. The molecular weight excluding hydrogens is 2100 g/mol. The number of rotatable bonds is 23. The fourth-order valence-corrected chi connectivity index (χ4v) is 22.2. The molecule has 754 valence electrons. The zero-order chi connectivity index (χ0) is 105. The zero-order valence-corrected chi connectivity index (χ0v) is 85.1. The summed E-state index contributed by atoms with van der Waals surface area (Å²) in [4.78, 5) is 37.2. The first-order valence-corrected chi connectivity index (χ1v) is 52.5. The number of benzene rings is 14. The van der Waals surface area contributed by atoms with Gasteiger partial charge in [-0.3, -0.25) is 34.9 Å². The highest BCUT2D eigenvalue weighted by Crippen LogP contribution is 2.42. The van der Waals surface area contributed by atoms with Gasteiger partial charge in [-0.05, 0) is 186 Å². The van der Waals surface area contributed by atoms with Crippen molar-refractivity contribution < 1.29 is 88.1 Å². The number of methoxy groups -OCH3 is 1. The molecule has 0 fully saturated rings. The molecule has 0 saturated heterocycles. The summed E-state index contributed by atoms with van der Waals surface area (Å²) in [6.45, 7) is 0. The number of halogens is 14. The van der Waals surface area contributed by atoms with Gasteiger partial charge in [-0.1, -0.05) is 163 Å². The summed E-state index contributed by atoms with van der Waals surface area (Å²) >= 11 is 22.0. The van der Waals surface area contributed by atoms with Crippen LogP contribution in [0.5, 0.6) is 40.2 Å². The molecule has 0 bridgehead atoms. The Kier molecular flexibility index (Phi) is 38.4. The Labute approximate surface area is 885 Å². The van der Waals surface area contributed by atoms with E-state index in [1.54, 1.807) is 127 Å². The maximum absolute atomic E-state index is 13.7. The minimum absolute atomic E-state index is 0.0293. The van der Waals surface area contributed by atoms with E-state index in [9.17, 15) is 73.1 Å². The normalized spacial score (nSPS) is 10.9. The lowest BCUT2D eigenvalue weighted by molar-refractivity contribution is 0.353. The van der Waals surface area contributed by atoms with Gasteiger partial charge >= 0.3 is 0 Å². The van der Waals surface area contributed by atoms with Crippen molar-refractivity contribution in [1.29, 1.82) is 0 Å². The summed E-state index contributed by atoms with van der Waals surface area (Å²) in [6, 6.07) is 87.3. The van der Waals surface area contributed by atoms with E-state index in [-0.39, 0.29) is 39.3 Å². The number of aryl methyl sites for hydroxylation is 1. The molecule has 0 aliphatic heterocycles. The van der Waals surface area contributed by atoms with Gasteiger partial charge in [0, 0.05) is 173 Å². The molecule has 0 radical (unpaired) electrons. The second kappa shape index (κ2) is 52.6. The van der Waals surface area contributed by atoms with E-state index in [4.69, 9.17) is 33.4 Å². The van der Waals surface area contributed by atoms with Crippen LogP contribution in [-0.2, 0) is 40.9 Å². The Hall–Kier alpha value is -14.3. The largest absolute Gasteiger partial charge is 0.506 e. The molecule has 0 aliphatic rings. The Balaban J connectivity index is 0.000000130. The van der Waals surface area contributed by atoms with Gasteiger partial charge in [-0.25, -0.2) is 43.9 Å². The number of phenols is 6. The van der Waals surface area contributed by atoms with Crippen molar-refractivity contribution in [1.82, 2.24) is 34.9 Å². The van der Waals surface area contributed by atoms with E-state index in [0.29, 0.717) is 67.6 Å². The van der Waals surface area contributed by atoms with Gasteiger partial charge in [0.1, 0.15) is 11.6 Å². The first kappa shape index (κ1) is 109. The highest BCUT2D eigenvalue weighted by atomic mass is 35.5. The van der Waals surface area contributed by atoms with Crippen LogP contribution in [0.4, 0.5) is 52.7 Å². The third-order valence-corrected chi connectivity index (χ3v) is 30.3. The number of aromatic nitrogens is 7. The van der Waals surface area contributed by atoms with E-state index in [1.807, 2.05) is 188 Å². The van der Waals surface area contributed by atoms with Gasteiger partial charge in [0.2, 0.25) is 11.6 Å². The van der Waals surface area contributed by atoms with Crippen LogP contribution >= 0.6 is 106 Å². The number of nitrogens with zero attached hydrogens (tertiary/aromatic N) is 7. The molecule has 14 nitrogen and oxygen atoms in total. The number of hydrogen-bond donors (Lipinski definition) is 6. The van der Waals surface area contributed by atoms with Gasteiger partial charge in [-0.2, -0.15) is 8.78 Å². The van der Waals surface area contributed by atoms with Crippen molar-refractivity contribution in [2.24, 2.45) is 0 Å². The SMILES string of the molecule is COc1c(F)cc(CCSc2cccc3cccnc23)cc1F.Oc1c(F)c(F)c(CSc2cccc3cccnc23)c(F)c1F.Oc1c(F)cc(CSc2cccc3cccnc23)cc1Cl.Oc1c(F)cc(CSc2cccc3cccnc23)cc1F.Oc1c(F)cc(F)cc1CSc1cccc2cccnc12.Oc1ccc(CSc2cccc3cccnc23)cc1Cl.Oc1ccc(CSc2cccc3cccnc23)cc1F. The molecule has 7 heterocycles. The average molecular weight is 2180 g/mol. The lowest BCUT2D eigenvalue weighted by Crippen LogP contribution is -2.02. The number of para-hydroxylation sites is 7. The number of pyridine rings is 7. The summed E-state index contributed by atoms with van der Waals surface area (Å²) in [5, 5.41) is 63.3. The predicted molar refractivity (Wildman–Crippen MR) is 575 cm³/mol. The first-order chi connectivity index (χ1) is 72.1. The van der Waals surface area contributed by atoms with Crippen LogP contribution in [0.25, 0.3) is 76.3 Å². The quantitative estimate of drug-likeness (QED) is 0.0199. The van der Waals surface area contributed by atoms with Crippen molar-refractivity contribution in [3.63, 3.8) is 0 Å². The van der Waals surface area contributed by atoms with Gasteiger partial charge in [-0.15, -0.1) is 82.3 Å². The van der Waals surface area contributed by atoms with E-state index < -0.39 is 98.4 Å². The van der Waals surface area contributed by atoms with Crippen molar-refractivity contribution in [2.75, 3.05) is 12.9 Å². The predicted octanol–water partition coefficient (Wildman–Crippen LogP) is 33.0. The first-order valence-electron chi connectivity index (χ1n) is 44.9. The summed E-state index contributed by atoms with van der Waals surface area (Å²) in [6.07, 6.45) is 12.7. The Morgan fingerprint density at radius 3 is 0.886 bits per heavy atom.